The summed E-state index contributed by atoms with van der Waals surface area (Å²) in [4.78, 5) is 27.4. The maximum absolute atomic E-state index is 12.4. The zero-order chi connectivity index (χ0) is 21.3. The molecule has 0 saturated carbocycles. The molecule has 0 spiro atoms. The van der Waals surface area contributed by atoms with E-state index in [0.717, 1.165) is 22.6 Å². The Morgan fingerprint density at radius 2 is 1.90 bits per heavy atom. The lowest BCUT2D eigenvalue weighted by Crippen LogP contribution is -2.18. The summed E-state index contributed by atoms with van der Waals surface area (Å²) in [6.45, 7) is 5.57. The molecule has 158 valence electrons. The number of H-pyrrole nitrogens is 1. The van der Waals surface area contributed by atoms with Crippen LogP contribution in [-0.2, 0) is 11.2 Å². The molecule has 6 N–H and O–H groups in total. The lowest BCUT2D eigenvalue weighted by molar-refractivity contribution is -0.115. The van der Waals surface area contributed by atoms with Crippen LogP contribution in [0.3, 0.4) is 0 Å². The van der Waals surface area contributed by atoms with E-state index in [9.17, 15) is 14.7 Å². The molecular formula is C21H24ClN5O3. The third-order valence-corrected chi connectivity index (χ3v) is 4.84. The summed E-state index contributed by atoms with van der Waals surface area (Å²) in [6, 6.07) is 9.74. The standard InChI is InChI=1S/C21H23N5O3.ClH/c1-11-8-16(5-6-17(11)26-13(3)12(2)24-21(26)29)25-19(28)10-15-9-14(20(22)23)4-7-18(15)27;/h4-9,27H,10H2,1-3H3,(H3,22,23)(H,24,29)(H,25,28);1H. The van der Waals surface area contributed by atoms with Crippen LogP contribution in [0.15, 0.2) is 41.2 Å². The van der Waals surface area contributed by atoms with E-state index in [1.807, 2.05) is 20.8 Å². The zero-order valence-corrected chi connectivity index (χ0v) is 17.7. The quantitative estimate of drug-likeness (QED) is 0.314. The number of amidine groups is 1. The van der Waals surface area contributed by atoms with Crippen molar-refractivity contribution in [3.63, 3.8) is 0 Å². The van der Waals surface area contributed by atoms with Gasteiger partial charge < -0.3 is 21.1 Å². The van der Waals surface area contributed by atoms with Gasteiger partial charge in [-0.1, -0.05) is 0 Å². The first-order chi connectivity index (χ1) is 13.7. The van der Waals surface area contributed by atoms with Gasteiger partial charge in [0.15, 0.2) is 0 Å². The van der Waals surface area contributed by atoms with Crippen LogP contribution in [0.1, 0.15) is 28.1 Å². The Morgan fingerprint density at radius 1 is 1.20 bits per heavy atom. The predicted octanol–water partition coefficient (Wildman–Crippen LogP) is 2.68. The molecule has 1 amide bonds. The van der Waals surface area contributed by atoms with E-state index in [-0.39, 0.29) is 42.0 Å². The number of phenolic OH excluding ortho intramolecular Hbond substituents is 1. The van der Waals surface area contributed by atoms with Gasteiger partial charge in [0.2, 0.25) is 5.91 Å². The van der Waals surface area contributed by atoms with Gasteiger partial charge in [-0.05, 0) is 62.7 Å². The minimum Gasteiger partial charge on any atom is -0.508 e. The highest BCUT2D eigenvalue weighted by Crippen LogP contribution is 2.22. The number of carbonyl (C=O) groups is 1. The van der Waals surface area contributed by atoms with Crippen LogP contribution in [0.5, 0.6) is 5.75 Å². The van der Waals surface area contributed by atoms with Gasteiger partial charge in [0.1, 0.15) is 11.6 Å². The fourth-order valence-corrected chi connectivity index (χ4v) is 3.17. The van der Waals surface area contributed by atoms with Crippen LogP contribution in [0.4, 0.5) is 5.69 Å². The molecule has 3 aromatic rings. The van der Waals surface area contributed by atoms with Crippen LogP contribution in [0.25, 0.3) is 5.69 Å². The normalized spacial score (nSPS) is 10.4. The molecule has 0 saturated heterocycles. The van der Waals surface area contributed by atoms with Crippen molar-refractivity contribution in [3.05, 3.63) is 75.0 Å². The van der Waals surface area contributed by atoms with Gasteiger partial charge in [-0.15, -0.1) is 12.4 Å². The minimum atomic E-state index is -0.320. The SMILES string of the molecule is Cc1cc(NC(=O)Cc2cc(C(=N)N)ccc2O)ccc1-n1c(C)c(C)[nH]c1=O.Cl. The number of phenols is 1. The molecule has 8 nitrogen and oxygen atoms in total. The molecular weight excluding hydrogens is 406 g/mol. The fourth-order valence-electron chi connectivity index (χ4n) is 3.17. The highest BCUT2D eigenvalue weighted by Gasteiger charge is 2.13. The van der Waals surface area contributed by atoms with Crippen LogP contribution >= 0.6 is 12.4 Å². The van der Waals surface area contributed by atoms with E-state index in [4.69, 9.17) is 11.1 Å². The number of aryl methyl sites for hydroxylation is 2. The molecule has 1 aromatic heterocycles. The first kappa shape index (κ1) is 22.8. The van der Waals surface area contributed by atoms with Crippen molar-refractivity contribution in [2.24, 2.45) is 5.73 Å². The lowest BCUT2D eigenvalue weighted by Gasteiger charge is -2.12. The highest BCUT2D eigenvalue weighted by atomic mass is 35.5. The zero-order valence-electron chi connectivity index (χ0n) is 16.9. The maximum atomic E-state index is 12.4. The summed E-state index contributed by atoms with van der Waals surface area (Å²) in [6.07, 6.45) is -0.0661. The van der Waals surface area contributed by atoms with Gasteiger partial charge in [-0.2, -0.15) is 0 Å². The molecule has 0 aliphatic heterocycles. The number of imidazole rings is 1. The third kappa shape index (κ3) is 4.55. The third-order valence-electron chi connectivity index (χ3n) is 4.84. The fraction of sp³-hybridized carbons (Fsp3) is 0.190. The van der Waals surface area contributed by atoms with Crippen molar-refractivity contribution in [2.75, 3.05) is 5.32 Å². The molecule has 0 radical (unpaired) electrons. The van der Waals surface area contributed by atoms with Crippen LogP contribution in [0, 0.1) is 26.2 Å². The Kier molecular flexibility index (Phi) is 6.73. The van der Waals surface area contributed by atoms with E-state index >= 15 is 0 Å². The Balaban J connectivity index is 0.00000320. The predicted molar refractivity (Wildman–Crippen MR) is 119 cm³/mol. The number of hydrogen-bond donors (Lipinski definition) is 5. The van der Waals surface area contributed by atoms with Crippen molar-refractivity contribution in [2.45, 2.75) is 27.2 Å². The van der Waals surface area contributed by atoms with Crippen molar-refractivity contribution >= 4 is 29.8 Å². The van der Waals surface area contributed by atoms with Crippen LogP contribution < -0.4 is 16.7 Å². The molecule has 0 aliphatic rings. The topological polar surface area (TPSA) is 137 Å². The van der Waals surface area contributed by atoms with Gasteiger partial charge in [-0.25, -0.2) is 4.79 Å². The number of anilines is 1. The number of rotatable bonds is 5. The molecule has 0 atom stereocenters. The molecule has 3 rings (SSSR count). The summed E-state index contributed by atoms with van der Waals surface area (Å²) >= 11 is 0. The first-order valence-electron chi connectivity index (χ1n) is 9.02. The number of aromatic hydroxyl groups is 1. The Hall–Kier alpha value is -3.52. The molecule has 0 fully saturated rings. The molecule has 0 unspecified atom stereocenters. The summed E-state index contributed by atoms with van der Waals surface area (Å²) in [5, 5.41) is 20.2. The van der Waals surface area contributed by atoms with E-state index in [1.54, 1.807) is 22.8 Å². The summed E-state index contributed by atoms with van der Waals surface area (Å²) in [7, 11) is 0. The highest BCUT2D eigenvalue weighted by molar-refractivity contribution is 5.96. The number of aromatic nitrogens is 2. The van der Waals surface area contributed by atoms with Gasteiger partial charge in [-0.3, -0.25) is 14.8 Å². The number of nitrogens with two attached hydrogens (primary N) is 1. The van der Waals surface area contributed by atoms with Crippen molar-refractivity contribution in [3.8, 4) is 11.4 Å². The van der Waals surface area contributed by atoms with Crippen LogP contribution in [-0.4, -0.2) is 26.4 Å². The van der Waals surface area contributed by atoms with Gasteiger partial charge in [0, 0.05) is 28.2 Å². The second-order valence-electron chi connectivity index (χ2n) is 6.96. The Morgan fingerprint density at radius 3 is 2.47 bits per heavy atom. The monoisotopic (exact) mass is 429 g/mol. The lowest BCUT2D eigenvalue weighted by atomic mass is 10.1. The Labute approximate surface area is 179 Å². The van der Waals surface area contributed by atoms with Gasteiger partial charge in [0.05, 0.1) is 12.1 Å². The number of nitrogen functional groups attached to an aromatic ring is 1. The minimum absolute atomic E-state index is 0. The van der Waals surface area contributed by atoms with E-state index in [0.29, 0.717) is 16.8 Å². The number of carbonyl (C=O) groups excluding carboxylic acids is 1. The van der Waals surface area contributed by atoms with Crippen molar-refractivity contribution < 1.29 is 9.90 Å². The van der Waals surface area contributed by atoms with Gasteiger partial charge in [0.25, 0.3) is 0 Å². The molecule has 0 bridgehead atoms. The molecule has 2 aromatic carbocycles. The maximum Gasteiger partial charge on any atom is 0.330 e. The molecule has 0 aliphatic carbocycles. The molecule has 30 heavy (non-hydrogen) atoms. The summed E-state index contributed by atoms with van der Waals surface area (Å²) in [5.74, 6) is -0.489. The van der Waals surface area contributed by atoms with E-state index < -0.39 is 0 Å². The second kappa shape index (κ2) is 8.87. The number of nitrogens with one attached hydrogen (secondary N) is 3. The average molecular weight is 430 g/mol. The molecule has 9 heteroatoms. The number of amides is 1. The number of aromatic amines is 1. The van der Waals surface area contributed by atoms with Gasteiger partial charge >= 0.3 is 5.69 Å². The number of halogens is 1. The first-order valence-corrected chi connectivity index (χ1v) is 9.02. The average Bonchev–Trinajstić information content (AvgIpc) is 2.89. The van der Waals surface area contributed by atoms with Crippen molar-refractivity contribution in [1.29, 1.82) is 5.41 Å². The van der Waals surface area contributed by atoms with Crippen molar-refractivity contribution in [1.82, 2.24) is 9.55 Å². The second-order valence-corrected chi connectivity index (χ2v) is 6.96. The largest absolute Gasteiger partial charge is 0.508 e. The number of hydrogen-bond acceptors (Lipinski definition) is 4. The van der Waals surface area contributed by atoms with Crippen LogP contribution in [0.2, 0.25) is 0 Å². The van der Waals surface area contributed by atoms with E-state index in [2.05, 4.69) is 10.3 Å². The molecule has 1 heterocycles. The summed E-state index contributed by atoms with van der Waals surface area (Å²) < 4.78 is 1.60. The number of benzene rings is 2. The smallest absolute Gasteiger partial charge is 0.330 e. The summed E-state index contributed by atoms with van der Waals surface area (Å²) in [5.41, 5.74) is 9.86. The number of nitrogens with zero attached hydrogens (tertiary/aromatic N) is 1. The van der Waals surface area contributed by atoms with E-state index in [1.165, 1.54) is 18.2 Å². The Bertz CT molecular complexity index is 1180.